The van der Waals surface area contributed by atoms with Crippen LogP contribution in [0.3, 0.4) is 0 Å². The molecule has 0 fully saturated rings. The number of anilines is 1. The highest BCUT2D eigenvalue weighted by Crippen LogP contribution is 2.28. The lowest BCUT2D eigenvalue weighted by Gasteiger charge is -2.17. The van der Waals surface area contributed by atoms with Gasteiger partial charge >= 0.3 is 0 Å². The zero-order chi connectivity index (χ0) is 18.9. The molecule has 9 heteroatoms. The summed E-state index contributed by atoms with van der Waals surface area (Å²) >= 11 is 0. The summed E-state index contributed by atoms with van der Waals surface area (Å²) in [4.78, 5) is 8.62. The second kappa shape index (κ2) is 6.93. The minimum atomic E-state index is -3.61. The Kier molecular flexibility index (Phi) is 4.84. The van der Waals surface area contributed by atoms with Crippen LogP contribution >= 0.6 is 0 Å². The summed E-state index contributed by atoms with van der Waals surface area (Å²) in [6.45, 7) is 3.81. The van der Waals surface area contributed by atoms with E-state index in [-0.39, 0.29) is 10.9 Å². The third-order valence-electron chi connectivity index (χ3n) is 4.00. The number of benzene rings is 1. The van der Waals surface area contributed by atoms with Gasteiger partial charge in [0.25, 0.3) is 0 Å². The van der Waals surface area contributed by atoms with Crippen molar-refractivity contribution in [2.45, 2.75) is 24.8 Å². The van der Waals surface area contributed by atoms with Crippen molar-refractivity contribution < 1.29 is 8.42 Å². The van der Waals surface area contributed by atoms with E-state index in [1.807, 2.05) is 26.0 Å². The Hall–Kier alpha value is -2.65. The van der Waals surface area contributed by atoms with Crippen LogP contribution < -0.4 is 5.32 Å². The fourth-order valence-corrected chi connectivity index (χ4v) is 3.55. The molecule has 0 aliphatic heterocycles. The van der Waals surface area contributed by atoms with Crippen LogP contribution in [0.4, 0.5) is 5.82 Å². The van der Waals surface area contributed by atoms with Crippen molar-refractivity contribution in [2.75, 3.05) is 19.4 Å². The minimum absolute atomic E-state index is 0.147. The SMILES string of the molecule is Cc1ccc(C(C)Nc2ncnc3c(S(=O)(=O)N(C)C)cccc23)nn1. The fourth-order valence-electron chi connectivity index (χ4n) is 2.50. The first-order valence-corrected chi connectivity index (χ1v) is 9.47. The predicted molar refractivity (Wildman–Crippen MR) is 99.2 cm³/mol. The lowest BCUT2D eigenvalue weighted by Crippen LogP contribution is -2.22. The number of hydrogen-bond donors (Lipinski definition) is 1. The van der Waals surface area contributed by atoms with Gasteiger partial charge < -0.3 is 5.32 Å². The molecular weight excluding hydrogens is 352 g/mol. The van der Waals surface area contributed by atoms with Gasteiger partial charge in [-0.2, -0.15) is 10.2 Å². The van der Waals surface area contributed by atoms with Crippen molar-refractivity contribution in [1.29, 1.82) is 0 Å². The van der Waals surface area contributed by atoms with Gasteiger partial charge in [0.2, 0.25) is 10.0 Å². The van der Waals surface area contributed by atoms with Crippen LogP contribution in [0.15, 0.2) is 41.6 Å². The molecule has 136 valence electrons. The summed E-state index contributed by atoms with van der Waals surface area (Å²) in [5.41, 5.74) is 1.98. The van der Waals surface area contributed by atoms with Crippen LogP contribution in [0.1, 0.15) is 24.4 Å². The third kappa shape index (κ3) is 3.35. The van der Waals surface area contributed by atoms with E-state index < -0.39 is 10.0 Å². The molecule has 0 spiro atoms. The average Bonchev–Trinajstić information content (AvgIpc) is 2.61. The van der Waals surface area contributed by atoms with Crippen molar-refractivity contribution in [3.8, 4) is 0 Å². The molecular formula is C17H20N6O2S. The quantitative estimate of drug-likeness (QED) is 0.732. The maximum atomic E-state index is 12.6. The van der Waals surface area contributed by atoms with E-state index in [1.165, 1.54) is 24.7 Å². The molecule has 0 aliphatic carbocycles. The predicted octanol–water partition coefficient (Wildman–Crippen LogP) is 2.15. The molecule has 3 aromatic rings. The van der Waals surface area contributed by atoms with Crippen molar-refractivity contribution in [1.82, 2.24) is 24.5 Å². The van der Waals surface area contributed by atoms with Gasteiger partial charge in [-0.05, 0) is 38.1 Å². The van der Waals surface area contributed by atoms with E-state index in [1.54, 1.807) is 18.2 Å². The fraction of sp³-hybridized carbons (Fsp3) is 0.294. The topological polar surface area (TPSA) is 101 Å². The van der Waals surface area contributed by atoms with E-state index >= 15 is 0 Å². The molecule has 8 nitrogen and oxygen atoms in total. The van der Waals surface area contributed by atoms with Gasteiger partial charge in [-0.1, -0.05) is 6.07 Å². The number of hydrogen-bond acceptors (Lipinski definition) is 7. The average molecular weight is 372 g/mol. The molecule has 2 heterocycles. The maximum absolute atomic E-state index is 12.6. The van der Waals surface area contributed by atoms with Crippen LogP contribution in [-0.4, -0.2) is 47.0 Å². The highest BCUT2D eigenvalue weighted by molar-refractivity contribution is 7.89. The minimum Gasteiger partial charge on any atom is -0.361 e. The maximum Gasteiger partial charge on any atom is 0.244 e. The Balaban J connectivity index is 2.04. The summed E-state index contributed by atoms with van der Waals surface area (Å²) in [5, 5.41) is 12.1. The zero-order valence-electron chi connectivity index (χ0n) is 15.0. The lowest BCUT2D eigenvalue weighted by molar-refractivity contribution is 0.521. The van der Waals surface area contributed by atoms with Crippen molar-refractivity contribution in [3.63, 3.8) is 0 Å². The van der Waals surface area contributed by atoms with Crippen LogP contribution in [0, 0.1) is 6.92 Å². The van der Waals surface area contributed by atoms with Crippen molar-refractivity contribution >= 4 is 26.7 Å². The van der Waals surface area contributed by atoms with E-state index in [0.717, 1.165) is 11.4 Å². The summed E-state index contributed by atoms with van der Waals surface area (Å²) in [6.07, 6.45) is 1.35. The number of para-hydroxylation sites is 1. The number of aromatic nitrogens is 4. The van der Waals surface area contributed by atoms with Crippen LogP contribution in [0.2, 0.25) is 0 Å². The number of fused-ring (bicyclic) bond motifs is 1. The molecule has 1 N–H and O–H groups in total. The van der Waals surface area contributed by atoms with Crippen molar-refractivity contribution in [3.05, 3.63) is 48.0 Å². The number of nitrogens with one attached hydrogen (secondary N) is 1. The Morgan fingerprint density at radius 2 is 1.85 bits per heavy atom. The monoisotopic (exact) mass is 372 g/mol. The van der Waals surface area contributed by atoms with Gasteiger partial charge in [0.05, 0.1) is 22.9 Å². The Morgan fingerprint density at radius 3 is 2.50 bits per heavy atom. The van der Waals surface area contributed by atoms with Gasteiger partial charge in [-0.15, -0.1) is 0 Å². The van der Waals surface area contributed by atoms with Gasteiger partial charge in [0, 0.05) is 19.5 Å². The van der Waals surface area contributed by atoms with Gasteiger partial charge in [-0.3, -0.25) is 0 Å². The number of sulfonamides is 1. The molecule has 1 unspecified atom stereocenters. The standard InChI is InChI=1S/C17H20N6O2S/c1-11-8-9-14(22-21-11)12(2)20-17-13-6-5-7-15(16(13)18-10-19-17)26(24,25)23(3)4/h5-10,12H,1-4H3,(H,18,19,20). The summed E-state index contributed by atoms with van der Waals surface area (Å²) in [6, 6.07) is 8.65. The molecule has 1 aromatic carbocycles. The second-order valence-corrected chi connectivity index (χ2v) is 8.25. The third-order valence-corrected chi connectivity index (χ3v) is 5.85. The van der Waals surface area contributed by atoms with E-state index in [4.69, 9.17) is 0 Å². The first-order chi connectivity index (χ1) is 12.3. The van der Waals surface area contributed by atoms with E-state index in [9.17, 15) is 8.42 Å². The molecule has 2 aromatic heterocycles. The molecule has 0 amide bonds. The van der Waals surface area contributed by atoms with E-state index in [2.05, 4.69) is 25.5 Å². The molecule has 26 heavy (non-hydrogen) atoms. The molecule has 1 atom stereocenters. The van der Waals surface area contributed by atoms with Crippen LogP contribution in [0.25, 0.3) is 10.9 Å². The summed E-state index contributed by atoms with van der Waals surface area (Å²) in [7, 11) is -0.627. The smallest absolute Gasteiger partial charge is 0.244 e. The Morgan fingerprint density at radius 1 is 1.08 bits per heavy atom. The van der Waals surface area contributed by atoms with Crippen LogP contribution in [0.5, 0.6) is 0 Å². The van der Waals surface area contributed by atoms with Gasteiger partial charge in [-0.25, -0.2) is 22.7 Å². The second-order valence-electron chi connectivity index (χ2n) is 6.13. The Bertz CT molecular complexity index is 1030. The highest BCUT2D eigenvalue weighted by Gasteiger charge is 2.22. The molecule has 3 rings (SSSR count). The summed E-state index contributed by atoms with van der Waals surface area (Å²) in [5.74, 6) is 0.542. The van der Waals surface area contributed by atoms with E-state index in [0.29, 0.717) is 16.7 Å². The first-order valence-electron chi connectivity index (χ1n) is 8.03. The molecule has 0 bridgehead atoms. The number of nitrogens with zero attached hydrogens (tertiary/aromatic N) is 5. The molecule has 0 aliphatic rings. The largest absolute Gasteiger partial charge is 0.361 e. The summed E-state index contributed by atoms with van der Waals surface area (Å²) < 4.78 is 26.3. The molecule has 0 saturated heterocycles. The zero-order valence-corrected chi connectivity index (χ0v) is 15.8. The van der Waals surface area contributed by atoms with Crippen molar-refractivity contribution in [2.24, 2.45) is 0 Å². The number of aryl methyl sites for hydroxylation is 1. The Labute approximate surface area is 152 Å². The van der Waals surface area contributed by atoms with Gasteiger partial charge in [0.15, 0.2) is 0 Å². The highest BCUT2D eigenvalue weighted by atomic mass is 32.2. The lowest BCUT2D eigenvalue weighted by atomic mass is 10.2. The number of rotatable bonds is 5. The molecule has 0 saturated carbocycles. The van der Waals surface area contributed by atoms with Gasteiger partial charge in [0.1, 0.15) is 17.0 Å². The first kappa shape index (κ1) is 18.2. The molecule has 0 radical (unpaired) electrons. The normalized spacial score (nSPS) is 13.1. The van der Waals surface area contributed by atoms with Crippen LogP contribution in [-0.2, 0) is 10.0 Å².